The molecule has 0 amide bonds. The van der Waals surface area contributed by atoms with Gasteiger partial charge in [-0.15, -0.1) is 0 Å². The van der Waals surface area contributed by atoms with Gasteiger partial charge in [-0.25, -0.2) is 9.07 Å². The van der Waals surface area contributed by atoms with Crippen LogP contribution in [0.2, 0.25) is 0 Å². The topological polar surface area (TPSA) is 24.3 Å². The lowest BCUT2D eigenvalue weighted by atomic mass is 9.95. The van der Waals surface area contributed by atoms with Crippen molar-refractivity contribution in [1.29, 1.82) is 0 Å². The number of halogens is 1. The zero-order chi connectivity index (χ0) is 17.5. The number of fused-ring (bicyclic) bond motifs is 4. The predicted molar refractivity (Wildman–Crippen MR) is 99.6 cm³/mol. The Kier molecular flexibility index (Phi) is 4.29. The summed E-state index contributed by atoms with van der Waals surface area (Å²) in [4.78, 5) is 5.41. The second-order valence-corrected chi connectivity index (χ2v) is 8.46. The first kappa shape index (κ1) is 16.5. The van der Waals surface area contributed by atoms with Gasteiger partial charge in [0.15, 0.2) is 0 Å². The maximum Gasteiger partial charge on any atom is 0.123 e. The molecule has 4 aliphatic rings. The molecule has 1 aliphatic carbocycles. The highest BCUT2D eigenvalue weighted by atomic mass is 19.1. The number of piperidine rings is 1. The Balaban J connectivity index is 1.26. The molecule has 4 nitrogen and oxygen atoms in total. The maximum absolute atomic E-state index is 13.1. The van der Waals surface area contributed by atoms with E-state index in [1.165, 1.54) is 69.6 Å². The van der Waals surface area contributed by atoms with Crippen LogP contribution in [0, 0.1) is 17.7 Å². The Morgan fingerprint density at radius 1 is 1.00 bits per heavy atom. The van der Waals surface area contributed by atoms with Gasteiger partial charge in [-0.2, -0.15) is 5.10 Å². The first-order valence-electron chi connectivity index (χ1n) is 9.99. The van der Waals surface area contributed by atoms with E-state index in [1.807, 2.05) is 10.9 Å². The van der Waals surface area contributed by atoms with E-state index in [0.29, 0.717) is 0 Å². The summed E-state index contributed by atoms with van der Waals surface area (Å²) in [5.74, 6) is 1.59. The largest absolute Gasteiger partial charge is 0.299 e. The summed E-state index contributed by atoms with van der Waals surface area (Å²) in [5, 5.41) is 4.48. The molecule has 5 heteroatoms. The number of nitrogens with zero attached hydrogens (tertiary/aromatic N) is 4. The third-order valence-corrected chi connectivity index (χ3v) is 6.23. The molecule has 0 unspecified atom stereocenters. The quantitative estimate of drug-likeness (QED) is 0.823. The van der Waals surface area contributed by atoms with E-state index in [2.05, 4.69) is 21.1 Å². The first-order valence-corrected chi connectivity index (χ1v) is 9.99. The number of benzene rings is 1. The van der Waals surface area contributed by atoms with Crippen LogP contribution in [0.4, 0.5) is 4.39 Å². The summed E-state index contributed by atoms with van der Waals surface area (Å²) in [6.07, 6.45) is 9.68. The van der Waals surface area contributed by atoms with E-state index < -0.39 is 0 Å². The molecule has 2 bridgehead atoms. The van der Waals surface area contributed by atoms with Crippen LogP contribution in [0.15, 0.2) is 36.7 Å². The van der Waals surface area contributed by atoms with Crippen LogP contribution in [-0.4, -0.2) is 51.8 Å². The lowest BCUT2D eigenvalue weighted by molar-refractivity contribution is 0.125. The summed E-state index contributed by atoms with van der Waals surface area (Å²) in [7, 11) is 0. The van der Waals surface area contributed by atoms with Gasteiger partial charge in [0.2, 0.25) is 0 Å². The van der Waals surface area contributed by atoms with E-state index >= 15 is 0 Å². The minimum atomic E-state index is -0.211. The molecule has 2 aromatic rings. The van der Waals surface area contributed by atoms with Crippen molar-refractivity contribution in [3.05, 3.63) is 48.0 Å². The second-order valence-electron chi connectivity index (χ2n) is 8.46. The molecular weight excluding hydrogens is 327 g/mol. The van der Waals surface area contributed by atoms with E-state index in [1.54, 1.807) is 12.1 Å². The van der Waals surface area contributed by atoms with Crippen LogP contribution >= 0.6 is 0 Å². The van der Waals surface area contributed by atoms with Crippen LogP contribution in [-0.2, 0) is 6.54 Å². The van der Waals surface area contributed by atoms with Crippen molar-refractivity contribution in [2.45, 2.75) is 38.3 Å². The molecule has 0 radical (unpaired) electrons. The third kappa shape index (κ3) is 3.55. The lowest BCUT2D eigenvalue weighted by Crippen LogP contribution is -2.44. The highest BCUT2D eigenvalue weighted by Crippen LogP contribution is 2.35. The van der Waals surface area contributed by atoms with E-state index in [9.17, 15) is 4.39 Å². The minimum Gasteiger partial charge on any atom is -0.299 e. The summed E-state index contributed by atoms with van der Waals surface area (Å²) in [5.41, 5.74) is 2.15. The van der Waals surface area contributed by atoms with Crippen molar-refractivity contribution < 1.29 is 4.39 Å². The Morgan fingerprint density at radius 2 is 1.85 bits per heavy atom. The number of hydrogen-bond acceptors (Lipinski definition) is 3. The molecule has 1 aromatic heterocycles. The van der Waals surface area contributed by atoms with Crippen LogP contribution in [0.5, 0.6) is 0 Å². The monoisotopic (exact) mass is 354 g/mol. The fraction of sp³-hybridized carbons (Fsp3) is 0.571. The van der Waals surface area contributed by atoms with E-state index in [4.69, 9.17) is 0 Å². The van der Waals surface area contributed by atoms with Gasteiger partial charge in [0.05, 0.1) is 11.9 Å². The zero-order valence-electron chi connectivity index (χ0n) is 15.2. The van der Waals surface area contributed by atoms with Crippen LogP contribution in [0.1, 0.15) is 31.2 Å². The van der Waals surface area contributed by atoms with Gasteiger partial charge in [0, 0.05) is 50.5 Å². The Labute approximate surface area is 154 Å². The standard InChI is InChI=1S/C21H27FN4/c22-19-4-7-20(8-5-19)26-14-18(9-23-26)11-24-10-17-3-6-21(15-24)25(13-17)12-16-1-2-16/h4-5,7-9,14,16-17,21H,1-3,6,10-13,15H2/t17-,21+/m1/s1. The average Bonchev–Trinajstić information content (AvgIpc) is 3.39. The number of hydrogen-bond donors (Lipinski definition) is 0. The fourth-order valence-electron chi connectivity index (χ4n) is 4.70. The molecule has 4 fully saturated rings. The molecule has 0 spiro atoms. The van der Waals surface area contributed by atoms with Gasteiger partial charge >= 0.3 is 0 Å². The maximum atomic E-state index is 13.1. The minimum absolute atomic E-state index is 0.211. The molecule has 2 atom stereocenters. The Hall–Kier alpha value is -1.72. The van der Waals surface area contributed by atoms with Crippen molar-refractivity contribution in [1.82, 2.24) is 19.6 Å². The zero-order valence-corrected chi connectivity index (χ0v) is 15.2. The molecule has 4 heterocycles. The van der Waals surface area contributed by atoms with Crippen molar-refractivity contribution in [2.75, 3.05) is 26.2 Å². The van der Waals surface area contributed by atoms with Crippen LogP contribution in [0.3, 0.4) is 0 Å². The molecule has 3 aliphatic heterocycles. The van der Waals surface area contributed by atoms with Crippen molar-refractivity contribution in [2.24, 2.45) is 11.8 Å². The van der Waals surface area contributed by atoms with Gasteiger partial charge in [-0.1, -0.05) is 0 Å². The van der Waals surface area contributed by atoms with Gasteiger partial charge in [0.1, 0.15) is 5.82 Å². The first-order chi connectivity index (χ1) is 12.7. The molecule has 6 rings (SSSR count). The molecule has 138 valence electrons. The van der Waals surface area contributed by atoms with Crippen molar-refractivity contribution in [3.63, 3.8) is 0 Å². The Bertz CT molecular complexity index is 752. The molecule has 0 N–H and O–H groups in total. The third-order valence-electron chi connectivity index (χ3n) is 6.23. The highest BCUT2D eigenvalue weighted by molar-refractivity contribution is 5.31. The van der Waals surface area contributed by atoms with Crippen LogP contribution < -0.4 is 0 Å². The van der Waals surface area contributed by atoms with Crippen molar-refractivity contribution >= 4 is 0 Å². The normalized spacial score (nSPS) is 27.0. The lowest BCUT2D eigenvalue weighted by Gasteiger charge is -2.36. The van der Waals surface area contributed by atoms with E-state index in [0.717, 1.165) is 30.1 Å². The SMILES string of the molecule is Fc1ccc(-n2cc(CN3C[C@H]4CC[C@@H](C3)N(CC3CC3)C4)cn2)cc1. The molecule has 1 saturated carbocycles. The van der Waals surface area contributed by atoms with Gasteiger partial charge < -0.3 is 0 Å². The highest BCUT2D eigenvalue weighted by Gasteiger charge is 2.37. The van der Waals surface area contributed by atoms with E-state index in [-0.39, 0.29) is 5.82 Å². The van der Waals surface area contributed by atoms with Gasteiger partial charge in [-0.3, -0.25) is 9.80 Å². The summed E-state index contributed by atoms with van der Waals surface area (Å²) < 4.78 is 15.0. The number of aromatic nitrogens is 2. The van der Waals surface area contributed by atoms with Gasteiger partial charge in [0.25, 0.3) is 0 Å². The molecule has 3 saturated heterocycles. The summed E-state index contributed by atoms with van der Waals surface area (Å²) in [6, 6.07) is 7.25. The summed E-state index contributed by atoms with van der Waals surface area (Å²) >= 11 is 0. The molecule has 1 aromatic carbocycles. The predicted octanol–water partition coefficient (Wildman–Crippen LogP) is 3.32. The molecule has 26 heavy (non-hydrogen) atoms. The fourth-order valence-corrected chi connectivity index (χ4v) is 4.70. The Morgan fingerprint density at radius 3 is 2.65 bits per heavy atom. The smallest absolute Gasteiger partial charge is 0.123 e. The molecular formula is C21H27FN4. The number of rotatable bonds is 5. The average molecular weight is 354 g/mol. The summed E-state index contributed by atoms with van der Waals surface area (Å²) in [6.45, 7) is 5.99. The van der Waals surface area contributed by atoms with Crippen molar-refractivity contribution in [3.8, 4) is 5.69 Å². The van der Waals surface area contributed by atoms with Gasteiger partial charge in [-0.05, 0) is 61.8 Å². The van der Waals surface area contributed by atoms with Crippen LogP contribution in [0.25, 0.3) is 5.69 Å². The second kappa shape index (κ2) is 6.78.